The minimum atomic E-state index is -1.23. The summed E-state index contributed by atoms with van der Waals surface area (Å²) in [5.74, 6) is 5.01. The lowest BCUT2D eigenvalue weighted by molar-refractivity contribution is -0.143. The molecule has 0 saturated carbocycles. The third-order valence-electron chi connectivity index (χ3n) is 4.26. The zero-order valence-electron chi connectivity index (χ0n) is 16.5. The first-order chi connectivity index (χ1) is 14.4. The van der Waals surface area contributed by atoms with Crippen LogP contribution in [0.15, 0.2) is 17.5 Å². The van der Waals surface area contributed by atoms with E-state index in [2.05, 4.69) is 24.9 Å². The molecule has 0 aliphatic heterocycles. The van der Waals surface area contributed by atoms with Gasteiger partial charge in [-0.05, 0) is 32.1 Å². The summed E-state index contributed by atoms with van der Waals surface area (Å²) in [6.45, 7) is 0.373. The van der Waals surface area contributed by atoms with Crippen LogP contribution in [0, 0.1) is 0 Å². The highest BCUT2D eigenvalue weighted by molar-refractivity contribution is 5.79. The summed E-state index contributed by atoms with van der Waals surface area (Å²) in [4.78, 5) is 42.7. The largest absolute Gasteiger partial charge is 0.480 e. The highest BCUT2D eigenvalue weighted by Gasteiger charge is 2.28. The number of guanidine groups is 1. The average molecular weight is 421 g/mol. The molecule has 0 unspecified atom stereocenters. The molecule has 2 heterocycles. The number of aromatic amines is 1. The van der Waals surface area contributed by atoms with E-state index in [1.54, 1.807) is 12.5 Å². The Morgan fingerprint density at radius 2 is 2.03 bits per heavy atom. The lowest BCUT2D eigenvalue weighted by Crippen LogP contribution is -2.50. The minimum Gasteiger partial charge on any atom is -0.480 e. The van der Waals surface area contributed by atoms with Crippen LogP contribution in [0.5, 0.6) is 0 Å². The predicted molar refractivity (Wildman–Crippen MR) is 108 cm³/mol. The molecule has 30 heavy (non-hydrogen) atoms. The molecule has 0 saturated heterocycles. The van der Waals surface area contributed by atoms with Crippen molar-refractivity contribution in [3.05, 3.63) is 18.3 Å². The van der Waals surface area contributed by atoms with E-state index < -0.39 is 18.1 Å². The second kappa shape index (κ2) is 11.5. The molecule has 13 nitrogen and oxygen atoms in total. The zero-order valence-corrected chi connectivity index (χ0v) is 16.5. The van der Waals surface area contributed by atoms with E-state index >= 15 is 0 Å². The molecule has 1 atom stereocenters. The maximum atomic E-state index is 12.0. The first-order valence-corrected chi connectivity index (χ1v) is 9.52. The number of carbonyl (C=O) groups is 2. The number of nitrogens with zero attached hydrogens (tertiary/aromatic N) is 5. The van der Waals surface area contributed by atoms with Gasteiger partial charge in [0.1, 0.15) is 17.4 Å². The molecular weight excluding hydrogens is 394 g/mol. The Hall–Kier alpha value is -3.48. The highest BCUT2D eigenvalue weighted by Crippen LogP contribution is 2.09. The van der Waals surface area contributed by atoms with Crippen LogP contribution in [0.4, 0.5) is 4.79 Å². The van der Waals surface area contributed by atoms with Crippen LogP contribution in [0.1, 0.15) is 37.9 Å². The second-order valence-corrected chi connectivity index (χ2v) is 6.56. The number of hydrogen-bond donors (Lipinski definition) is 5. The van der Waals surface area contributed by atoms with Gasteiger partial charge in [0, 0.05) is 13.0 Å². The van der Waals surface area contributed by atoms with Gasteiger partial charge < -0.3 is 26.3 Å². The Morgan fingerprint density at radius 3 is 2.77 bits per heavy atom. The van der Waals surface area contributed by atoms with Crippen molar-refractivity contribution < 1.29 is 19.4 Å². The van der Waals surface area contributed by atoms with Gasteiger partial charge in [0.05, 0.1) is 19.1 Å². The smallest absolute Gasteiger partial charge is 0.424 e. The molecule has 13 heteroatoms. The van der Waals surface area contributed by atoms with Gasteiger partial charge in [-0.1, -0.05) is 0 Å². The predicted octanol–water partition coefficient (Wildman–Crippen LogP) is -0.115. The molecule has 2 aromatic rings. The summed E-state index contributed by atoms with van der Waals surface area (Å²) >= 11 is 0. The van der Waals surface area contributed by atoms with E-state index in [-0.39, 0.29) is 25.5 Å². The number of nitrogens with two attached hydrogens (primary N) is 3. The molecule has 2 rings (SSSR count). The monoisotopic (exact) mass is 421 g/mol. The fourth-order valence-electron chi connectivity index (χ4n) is 2.69. The van der Waals surface area contributed by atoms with Crippen LogP contribution < -0.4 is 17.3 Å². The number of rotatable bonds is 12. The number of aryl methyl sites for hydroxylation is 1. The van der Waals surface area contributed by atoms with Crippen molar-refractivity contribution in [2.24, 2.45) is 22.3 Å². The molecule has 0 aliphatic carbocycles. The van der Waals surface area contributed by atoms with E-state index in [0.29, 0.717) is 35.7 Å². The van der Waals surface area contributed by atoms with E-state index in [9.17, 15) is 14.7 Å². The average Bonchev–Trinajstić information content (AvgIpc) is 3.17. The number of hydrogen-bond acceptors (Lipinski definition) is 8. The number of aliphatic imine (C=N–C) groups is 1. The molecular formula is C17H27N9O4. The number of H-pyrrole nitrogens is 1. The van der Waals surface area contributed by atoms with Crippen LogP contribution in [0.3, 0.4) is 0 Å². The number of fused-ring (bicyclic) bond motifs is 1. The Morgan fingerprint density at radius 1 is 1.23 bits per heavy atom. The van der Waals surface area contributed by atoms with Crippen molar-refractivity contribution in [3.8, 4) is 0 Å². The molecule has 1 amide bonds. The number of carbonyl (C=O) groups excluding carboxylic acids is 1. The SMILES string of the molecule is NC(N)=NCCC[C@H](C(=O)O)N(N)C(=O)OCCCCCc1ncc2[nH]cnc2n1. The Labute approximate surface area is 172 Å². The summed E-state index contributed by atoms with van der Waals surface area (Å²) in [5, 5.41) is 9.86. The number of imidazole rings is 1. The quantitative estimate of drug-likeness (QED) is 0.0765. The van der Waals surface area contributed by atoms with Crippen LogP contribution in [0.25, 0.3) is 11.2 Å². The van der Waals surface area contributed by atoms with Crippen molar-refractivity contribution in [1.82, 2.24) is 24.9 Å². The van der Waals surface area contributed by atoms with E-state index in [4.69, 9.17) is 22.0 Å². The molecule has 0 spiro atoms. The van der Waals surface area contributed by atoms with Crippen molar-refractivity contribution >= 4 is 29.2 Å². The number of carboxylic acids is 1. The van der Waals surface area contributed by atoms with E-state index in [0.717, 1.165) is 18.4 Å². The highest BCUT2D eigenvalue weighted by atomic mass is 16.6. The van der Waals surface area contributed by atoms with Crippen molar-refractivity contribution in [2.45, 2.75) is 44.6 Å². The Bertz CT molecular complexity index is 866. The van der Waals surface area contributed by atoms with Crippen LogP contribution >= 0.6 is 0 Å². The fourth-order valence-corrected chi connectivity index (χ4v) is 2.69. The number of aromatic nitrogens is 4. The first-order valence-electron chi connectivity index (χ1n) is 9.52. The number of hydrazine groups is 1. The minimum absolute atomic E-state index is 0.0841. The fraction of sp³-hybridized carbons (Fsp3) is 0.529. The van der Waals surface area contributed by atoms with Gasteiger partial charge in [-0.25, -0.2) is 35.4 Å². The lowest BCUT2D eigenvalue weighted by Gasteiger charge is -2.23. The van der Waals surface area contributed by atoms with E-state index in [1.165, 1.54) is 0 Å². The van der Waals surface area contributed by atoms with Crippen molar-refractivity contribution in [1.29, 1.82) is 0 Å². The van der Waals surface area contributed by atoms with Gasteiger partial charge in [0.25, 0.3) is 0 Å². The molecule has 164 valence electrons. The lowest BCUT2D eigenvalue weighted by atomic mass is 10.1. The number of unbranched alkanes of at least 4 members (excludes halogenated alkanes) is 2. The van der Waals surface area contributed by atoms with Gasteiger partial charge in [-0.15, -0.1) is 0 Å². The summed E-state index contributed by atoms with van der Waals surface area (Å²) < 4.78 is 5.06. The standard InChI is InChI=1S/C17H27N9O4/c18-16(19)21-7-4-5-12(15(27)28)26(20)17(29)30-8-3-1-2-6-13-22-9-11-14(25-13)24-10-23-11/h9-10,12H,1-8,20H2,(H,27,28)(H4,18,19,21)(H,22,23,24,25)/t12-/m1/s1. The van der Waals surface area contributed by atoms with E-state index in [1.807, 2.05) is 0 Å². The molecule has 0 radical (unpaired) electrons. The maximum absolute atomic E-state index is 12.0. The number of aliphatic carboxylic acids is 1. The third-order valence-corrected chi connectivity index (χ3v) is 4.26. The molecule has 2 aromatic heterocycles. The summed E-state index contributed by atoms with van der Waals surface area (Å²) in [6, 6.07) is -1.22. The Kier molecular flexibility index (Phi) is 8.75. The van der Waals surface area contributed by atoms with Gasteiger partial charge >= 0.3 is 12.1 Å². The van der Waals surface area contributed by atoms with Gasteiger partial charge in [-0.3, -0.25) is 4.99 Å². The number of nitrogens with one attached hydrogen (secondary N) is 1. The molecule has 0 fully saturated rings. The molecule has 0 bridgehead atoms. The van der Waals surface area contributed by atoms with Gasteiger partial charge in [0.2, 0.25) is 0 Å². The number of amides is 1. The van der Waals surface area contributed by atoms with Crippen LogP contribution in [0.2, 0.25) is 0 Å². The topological polar surface area (TPSA) is 212 Å². The first kappa shape index (κ1) is 22.8. The summed E-state index contributed by atoms with van der Waals surface area (Å²) in [7, 11) is 0. The summed E-state index contributed by atoms with van der Waals surface area (Å²) in [6.07, 6.45) is 5.68. The second-order valence-electron chi connectivity index (χ2n) is 6.56. The molecule has 8 N–H and O–H groups in total. The Balaban J connectivity index is 1.65. The number of ether oxygens (including phenoxy) is 1. The molecule has 0 aliphatic rings. The third kappa shape index (κ3) is 7.16. The van der Waals surface area contributed by atoms with Crippen LogP contribution in [-0.2, 0) is 16.0 Å². The van der Waals surface area contributed by atoms with Crippen LogP contribution in [-0.4, -0.2) is 67.3 Å². The maximum Gasteiger partial charge on any atom is 0.424 e. The number of carboxylic acid groups (broad SMARTS) is 1. The van der Waals surface area contributed by atoms with Gasteiger partial charge in [-0.2, -0.15) is 0 Å². The summed E-state index contributed by atoms with van der Waals surface area (Å²) in [5.41, 5.74) is 11.8. The van der Waals surface area contributed by atoms with Crippen molar-refractivity contribution in [3.63, 3.8) is 0 Å². The van der Waals surface area contributed by atoms with Crippen molar-refractivity contribution in [2.75, 3.05) is 13.2 Å². The zero-order chi connectivity index (χ0) is 21.9. The van der Waals surface area contributed by atoms with Gasteiger partial charge in [0.15, 0.2) is 11.6 Å². The molecule has 0 aromatic carbocycles. The normalized spacial score (nSPS) is 11.8.